The fourth-order valence-corrected chi connectivity index (χ4v) is 2.02. The van der Waals surface area contributed by atoms with Crippen LogP contribution in [0.3, 0.4) is 0 Å². The third-order valence-corrected chi connectivity index (χ3v) is 3.24. The Labute approximate surface area is 141 Å². The van der Waals surface area contributed by atoms with Gasteiger partial charge >= 0.3 is 0 Å². The zero-order valence-electron chi connectivity index (χ0n) is 14.3. The first-order chi connectivity index (χ1) is 11.3. The molecule has 0 aliphatic rings. The van der Waals surface area contributed by atoms with Crippen molar-refractivity contribution in [2.75, 3.05) is 31.3 Å². The molecule has 24 heavy (non-hydrogen) atoms. The fourth-order valence-electron chi connectivity index (χ4n) is 2.02. The van der Waals surface area contributed by atoms with Crippen LogP contribution in [-0.4, -0.2) is 47.3 Å². The number of nitrogens with one attached hydrogen (secondary N) is 2. The topological polar surface area (TPSA) is 87.2 Å². The second-order valence-corrected chi connectivity index (χ2v) is 5.81. The minimum atomic E-state index is -0.350. The number of benzene rings is 1. The number of carbonyl (C=O) groups excluding carboxylic acids is 2. The van der Waals surface area contributed by atoms with E-state index in [4.69, 9.17) is 0 Å². The van der Waals surface area contributed by atoms with Gasteiger partial charge in [0.1, 0.15) is 5.69 Å². The van der Waals surface area contributed by atoms with Gasteiger partial charge in [-0.15, -0.1) is 0 Å². The van der Waals surface area contributed by atoms with Crippen LogP contribution in [0.15, 0.2) is 30.6 Å². The van der Waals surface area contributed by atoms with Gasteiger partial charge in [-0.25, -0.2) is 4.98 Å². The summed E-state index contributed by atoms with van der Waals surface area (Å²) in [4.78, 5) is 34.0. The smallest absolute Gasteiger partial charge is 0.275 e. The van der Waals surface area contributed by atoms with Crippen LogP contribution in [0.25, 0.3) is 0 Å². The molecule has 1 aromatic carbocycles. The van der Waals surface area contributed by atoms with Crippen molar-refractivity contribution in [2.45, 2.75) is 13.8 Å². The molecule has 7 nitrogen and oxygen atoms in total. The molecule has 2 rings (SSSR count). The number of likely N-dealkylation sites (N-methyl/N-ethyl adjacent to an activating group) is 1. The molecule has 0 aliphatic carbocycles. The summed E-state index contributed by atoms with van der Waals surface area (Å²) < 4.78 is 0. The summed E-state index contributed by atoms with van der Waals surface area (Å²) >= 11 is 0. The third kappa shape index (κ3) is 4.85. The Morgan fingerprint density at radius 3 is 2.46 bits per heavy atom. The predicted octanol–water partition coefficient (Wildman–Crippen LogP) is 1.85. The van der Waals surface area contributed by atoms with E-state index in [0.29, 0.717) is 11.4 Å². The Kier molecular flexibility index (Phi) is 5.59. The quantitative estimate of drug-likeness (QED) is 0.875. The predicted molar refractivity (Wildman–Crippen MR) is 93.1 cm³/mol. The molecule has 0 radical (unpaired) electrons. The largest absolute Gasteiger partial charge is 0.325 e. The number of nitrogens with zero attached hydrogens (tertiary/aromatic N) is 3. The van der Waals surface area contributed by atoms with Gasteiger partial charge in [-0.1, -0.05) is 6.07 Å². The van der Waals surface area contributed by atoms with Crippen LogP contribution < -0.4 is 10.6 Å². The lowest BCUT2D eigenvalue weighted by molar-refractivity contribution is -0.116. The van der Waals surface area contributed by atoms with Crippen molar-refractivity contribution < 1.29 is 9.59 Å². The number of aryl methyl sites for hydroxylation is 2. The molecule has 2 aromatic rings. The van der Waals surface area contributed by atoms with Crippen LogP contribution in [-0.2, 0) is 4.79 Å². The molecule has 0 bridgehead atoms. The molecule has 0 aliphatic heterocycles. The monoisotopic (exact) mass is 327 g/mol. The first kappa shape index (κ1) is 17.6. The van der Waals surface area contributed by atoms with Crippen molar-refractivity contribution in [2.24, 2.45) is 0 Å². The van der Waals surface area contributed by atoms with Crippen molar-refractivity contribution >= 4 is 23.2 Å². The fraction of sp³-hybridized carbons (Fsp3) is 0.294. The second kappa shape index (κ2) is 7.65. The number of hydrogen-bond donors (Lipinski definition) is 2. The van der Waals surface area contributed by atoms with Crippen LogP contribution in [0.2, 0.25) is 0 Å². The first-order valence-electron chi connectivity index (χ1n) is 7.50. The number of carbonyl (C=O) groups is 2. The minimum absolute atomic E-state index is 0.115. The summed E-state index contributed by atoms with van der Waals surface area (Å²) in [6.45, 7) is 3.98. The number of hydrogen-bond acceptors (Lipinski definition) is 5. The molecule has 1 aromatic heterocycles. The Morgan fingerprint density at radius 1 is 1.08 bits per heavy atom. The lowest BCUT2D eigenvalue weighted by Gasteiger charge is -2.13. The molecule has 1 heterocycles. The van der Waals surface area contributed by atoms with Gasteiger partial charge in [0.25, 0.3) is 5.91 Å². The molecule has 7 heteroatoms. The number of aromatic nitrogens is 2. The van der Waals surface area contributed by atoms with E-state index in [0.717, 1.165) is 11.3 Å². The van der Waals surface area contributed by atoms with Gasteiger partial charge in [-0.3, -0.25) is 14.6 Å². The number of anilines is 2. The van der Waals surface area contributed by atoms with Gasteiger partial charge in [0.05, 0.1) is 18.4 Å². The lowest BCUT2D eigenvalue weighted by Crippen LogP contribution is -2.27. The molecule has 2 N–H and O–H groups in total. The number of rotatable bonds is 5. The van der Waals surface area contributed by atoms with Crippen molar-refractivity contribution in [1.82, 2.24) is 14.9 Å². The third-order valence-electron chi connectivity index (χ3n) is 3.24. The summed E-state index contributed by atoms with van der Waals surface area (Å²) in [5, 5.41) is 5.60. The van der Waals surface area contributed by atoms with E-state index in [2.05, 4.69) is 20.6 Å². The maximum atomic E-state index is 12.2. The molecule has 2 amide bonds. The molecule has 0 atom stereocenters. The molecule has 0 saturated carbocycles. The Balaban J connectivity index is 2.11. The molecular formula is C17H21N5O2. The van der Waals surface area contributed by atoms with E-state index in [1.54, 1.807) is 24.0 Å². The van der Waals surface area contributed by atoms with Gasteiger partial charge in [0.15, 0.2) is 0 Å². The number of amides is 2. The van der Waals surface area contributed by atoms with Crippen LogP contribution in [0.1, 0.15) is 21.7 Å². The molecule has 0 fully saturated rings. The van der Waals surface area contributed by atoms with Crippen molar-refractivity contribution in [3.63, 3.8) is 0 Å². The molecule has 0 unspecified atom stereocenters. The van der Waals surface area contributed by atoms with E-state index in [1.807, 2.05) is 27.1 Å². The highest BCUT2D eigenvalue weighted by molar-refractivity contribution is 6.03. The molecule has 0 spiro atoms. The Hall–Kier alpha value is -2.80. The van der Waals surface area contributed by atoms with Crippen molar-refractivity contribution in [3.8, 4) is 0 Å². The lowest BCUT2D eigenvalue weighted by atomic mass is 10.1. The highest BCUT2D eigenvalue weighted by Crippen LogP contribution is 2.20. The summed E-state index contributed by atoms with van der Waals surface area (Å²) in [6.07, 6.45) is 2.97. The van der Waals surface area contributed by atoms with Crippen molar-refractivity contribution in [1.29, 1.82) is 0 Å². The van der Waals surface area contributed by atoms with Crippen molar-refractivity contribution in [3.05, 3.63) is 47.5 Å². The van der Waals surface area contributed by atoms with Gasteiger partial charge < -0.3 is 15.5 Å². The summed E-state index contributed by atoms with van der Waals surface area (Å²) in [6, 6.07) is 5.33. The standard InChI is InChI=1S/C17H21N5O2/c1-11-5-6-13(7-14(11)21-16(23)10-22(3)4)20-17(24)15-9-18-12(2)8-19-15/h5-9H,10H2,1-4H3,(H,20,24)(H,21,23). The normalized spacial score (nSPS) is 10.5. The van der Waals surface area contributed by atoms with Gasteiger partial charge in [0.2, 0.25) is 5.91 Å². The van der Waals surface area contributed by atoms with E-state index >= 15 is 0 Å². The minimum Gasteiger partial charge on any atom is -0.325 e. The van der Waals surface area contributed by atoms with Gasteiger partial charge in [0, 0.05) is 17.6 Å². The van der Waals surface area contributed by atoms with E-state index in [9.17, 15) is 9.59 Å². The maximum absolute atomic E-state index is 12.2. The summed E-state index contributed by atoms with van der Waals surface area (Å²) in [5.74, 6) is -0.465. The first-order valence-corrected chi connectivity index (χ1v) is 7.50. The molecular weight excluding hydrogens is 306 g/mol. The zero-order valence-corrected chi connectivity index (χ0v) is 14.3. The second-order valence-electron chi connectivity index (χ2n) is 5.81. The highest BCUT2D eigenvalue weighted by atomic mass is 16.2. The van der Waals surface area contributed by atoms with Crippen LogP contribution in [0.5, 0.6) is 0 Å². The summed E-state index contributed by atoms with van der Waals surface area (Å²) in [7, 11) is 3.65. The highest BCUT2D eigenvalue weighted by Gasteiger charge is 2.11. The zero-order chi connectivity index (χ0) is 17.7. The SMILES string of the molecule is Cc1cnc(C(=O)Nc2ccc(C)c(NC(=O)CN(C)C)c2)cn1. The Morgan fingerprint density at radius 2 is 1.83 bits per heavy atom. The van der Waals surface area contributed by atoms with E-state index in [-0.39, 0.29) is 24.1 Å². The van der Waals surface area contributed by atoms with Crippen LogP contribution in [0.4, 0.5) is 11.4 Å². The molecule has 126 valence electrons. The average Bonchev–Trinajstić information content (AvgIpc) is 2.50. The van der Waals surface area contributed by atoms with Gasteiger partial charge in [-0.05, 0) is 45.6 Å². The maximum Gasteiger partial charge on any atom is 0.275 e. The van der Waals surface area contributed by atoms with Crippen LogP contribution in [0, 0.1) is 13.8 Å². The van der Waals surface area contributed by atoms with Gasteiger partial charge in [-0.2, -0.15) is 0 Å². The summed E-state index contributed by atoms with van der Waals surface area (Å²) in [5.41, 5.74) is 3.13. The van der Waals surface area contributed by atoms with E-state index < -0.39 is 0 Å². The molecule has 0 saturated heterocycles. The Bertz CT molecular complexity index is 741. The van der Waals surface area contributed by atoms with E-state index in [1.165, 1.54) is 12.4 Å². The average molecular weight is 327 g/mol. The van der Waals surface area contributed by atoms with Crippen LogP contribution >= 0.6 is 0 Å².